The third-order valence-corrected chi connectivity index (χ3v) is 2.65. The van der Waals surface area contributed by atoms with Gasteiger partial charge in [0.2, 0.25) is 5.71 Å². The Kier molecular flexibility index (Phi) is 2.16. The molecule has 4 nitrogen and oxygen atoms in total. The molecule has 1 saturated heterocycles. The summed E-state index contributed by atoms with van der Waals surface area (Å²) in [6.45, 7) is 2.51. The molecule has 15 heavy (non-hydrogen) atoms. The molecule has 78 valence electrons. The topological polar surface area (TPSA) is 47.3 Å². The zero-order valence-electron chi connectivity index (χ0n) is 8.27. The Morgan fingerprint density at radius 1 is 1.47 bits per heavy atom. The molecular weight excluding hydrogens is 192 g/mol. The minimum atomic E-state index is 0.0872. The van der Waals surface area contributed by atoms with Crippen molar-refractivity contribution in [3.8, 4) is 0 Å². The van der Waals surface area contributed by atoms with Gasteiger partial charge in [0.25, 0.3) is 0 Å². The monoisotopic (exact) mass is 204 g/mol. The van der Waals surface area contributed by atoms with Crippen LogP contribution in [-0.2, 0) is 4.74 Å². The molecule has 0 amide bonds. The summed E-state index contributed by atoms with van der Waals surface area (Å²) < 4.78 is 11.1. The highest BCUT2D eigenvalue weighted by Crippen LogP contribution is 2.27. The number of aromatic nitrogens is 1. The molecule has 1 aliphatic rings. The molecule has 2 aromatic rings. The Morgan fingerprint density at radius 2 is 2.47 bits per heavy atom. The van der Waals surface area contributed by atoms with Crippen molar-refractivity contribution in [2.45, 2.75) is 6.10 Å². The summed E-state index contributed by atoms with van der Waals surface area (Å²) in [5.74, 6) is 0. The molecular formula is C11H12N2O2. The Morgan fingerprint density at radius 3 is 3.33 bits per heavy atom. The van der Waals surface area contributed by atoms with Crippen LogP contribution in [-0.4, -0.2) is 24.7 Å². The second-order valence-corrected chi connectivity index (χ2v) is 3.61. The quantitative estimate of drug-likeness (QED) is 0.764. The molecule has 0 aliphatic carbocycles. The van der Waals surface area contributed by atoms with E-state index >= 15 is 0 Å². The lowest BCUT2D eigenvalue weighted by Gasteiger charge is -2.22. The molecule has 1 fully saturated rings. The van der Waals surface area contributed by atoms with Gasteiger partial charge < -0.3 is 14.5 Å². The fourth-order valence-corrected chi connectivity index (χ4v) is 1.90. The maximum absolute atomic E-state index is 5.68. The molecule has 0 spiro atoms. The van der Waals surface area contributed by atoms with Gasteiger partial charge in [-0.1, -0.05) is 0 Å². The van der Waals surface area contributed by atoms with Gasteiger partial charge in [0.15, 0.2) is 0 Å². The van der Waals surface area contributed by atoms with Gasteiger partial charge in [0.05, 0.1) is 19.0 Å². The first-order valence-corrected chi connectivity index (χ1v) is 5.09. The maximum Gasteiger partial charge on any atom is 0.226 e. The van der Waals surface area contributed by atoms with E-state index in [4.69, 9.17) is 9.15 Å². The average Bonchev–Trinajstić information content (AvgIpc) is 2.74. The van der Waals surface area contributed by atoms with Crippen LogP contribution in [0.2, 0.25) is 0 Å². The van der Waals surface area contributed by atoms with Gasteiger partial charge in [-0.15, -0.1) is 0 Å². The van der Waals surface area contributed by atoms with Crippen molar-refractivity contribution in [2.75, 3.05) is 19.7 Å². The number of furan rings is 1. The second-order valence-electron chi connectivity index (χ2n) is 3.61. The third kappa shape index (κ3) is 1.52. The fraction of sp³-hybridized carbons (Fsp3) is 0.364. The zero-order chi connectivity index (χ0) is 10.1. The number of hydrogen-bond donors (Lipinski definition) is 1. The van der Waals surface area contributed by atoms with E-state index in [2.05, 4.69) is 10.3 Å². The molecule has 4 heteroatoms. The summed E-state index contributed by atoms with van der Waals surface area (Å²) in [7, 11) is 0. The van der Waals surface area contributed by atoms with Gasteiger partial charge in [-0.2, -0.15) is 0 Å². The molecule has 0 aromatic carbocycles. The van der Waals surface area contributed by atoms with E-state index in [9.17, 15) is 0 Å². The minimum absolute atomic E-state index is 0.0872. The van der Waals surface area contributed by atoms with Crippen LogP contribution in [0.3, 0.4) is 0 Å². The van der Waals surface area contributed by atoms with Crippen LogP contribution in [0.1, 0.15) is 11.7 Å². The van der Waals surface area contributed by atoms with Gasteiger partial charge in [0.1, 0.15) is 0 Å². The van der Waals surface area contributed by atoms with Crippen LogP contribution in [0.4, 0.5) is 0 Å². The first-order valence-electron chi connectivity index (χ1n) is 5.09. The van der Waals surface area contributed by atoms with Crippen LogP contribution in [0.5, 0.6) is 0 Å². The summed E-state index contributed by atoms with van der Waals surface area (Å²) in [5.41, 5.74) is 1.77. The predicted octanol–water partition coefficient (Wildman–Crippen LogP) is 1.49. The number of pyridine rings is 1. The smallest absolute Gasteiger partial charge is 0.226 e. The van der Waals surface area contributed by atoms with Crippen molar-refractivity contribution in [3.63, 3.8) is 0 Å². The first kappa shape index (κ1) is 8.88. The standard InChI is InChI=1S/C11H12N2O2/c1-2-8-9(7-15-11(8)13-3-1)10-6-12-4-5-14-10/h1-3,7,10,12H,4-6H2. The summed E-state index contributed by atoms with van der Waals surface area (Å²) in [6.07, 6.45) is 3.56. The largest absolute Gasteiger partial charge is 0.446 e. The van der Waals surface area contributed by atoms with Crippen molar-refractivity contribution in [2.24, 2.45) is 0 Å². The third-order valence-electron chi connectivity index (χ3n) is 2.65. The van der Waals surface area contributed by atoms with E-state index in [1.165, 1.54) is 0 Å². The minimum Gasteiger partial charge on any atom is -0.446 e. The van der Waals surface area contributed by atoms with Gasteiger partial charge in [-0.25, -0.2) is 4.98 Å². The molecule has 0 radical (unpaired) electrons. The molecule has 1 unspecified atom stereocenters. The summed E-state index contributed by atoms with van der Waals surface area (Å²) in [4.78, 5) is 4.15. The Bertz CT molecular complexity index is 460. The number of nitrogens with zero attached hydrogens (tertiary/aromatic N) is 1. The number of ether oxygens (including phenoxy) is 1. The van der Waals surface area contributed by atoms with Crippen molar-refractivity contribution in [1.82, 2.24) is 10.3 Å². The van der Waals surface area contributed by atoms with Crippen LogP contribution in [0.15, 0.2) is 29.0 Å². The highest BCUT2D eigenvalue weighted by molar-refractivity contribution is 5.77. The van der Waals surface area contributed by atoms with E-state index in [0.717, 1.165) is 30.6 Å². The molecule has 3 heterocycles. The fourth-order valence-electron chi connectivity index (χ4n) is 1.90. The van der Waals surface area contributed by atoms with Crippen LogP contribution in [0, 0.1) is 0 Å². The first-order chi connectivity index (χ1) is 7.45. The van der Waals surface area contributed by atoms with Crippen molar-refractivity contribution < 1.29 is 9.15 Å². The van der Waals surface area contributed by atoms with Crippen LogP contribution < -0.4 is 5.32 Å². The lowest BCUT2D eigenvalue weighted by Crippen LogP contribution is -2.33. The Labute approximate surface area is 87.2 Å². The molecule has 1 aliphatic heterocycles. The van der Waals surface area contributed by atoms with Crippen LogP contribution >= 0.6 is 0 Å². The van der Waals surface area contributed by atoms with E-state index in [-0.39, 0.29) is 6.10 Å². The maximum atomic E-state index is 5.68. The molecule has 0 bridgehead atoms. The molecule has 1 N–H and O–H groups in total. The van der Waals surface area contributed by atoms with Gasteiger partial charge in [-0.3, -0.25) is 0 Å². The Hall–Kier alpha value is -1.39. The number of morpholine rings is 1. The zero-order valence-corrected chi connectivity index (χ0v) is 8.27. The SMILES string of the molecule is c1cnc2occ(C3CNCCO3)c2c1. The predicted molar refractivity (Wildman–Crippen MR) is 55.6 cm³/mol. The summed E-state index contributed by atoms with van der Waals surface area (Å²) in [6, 6.07) is 3.93. The van der Waals surface area contributed by atoms with E-state index in [1.54, 1.807) is 12.5 Å². The average molecular weight is 204 g/mol. The number of rotatable bonds is 1. The van der Waals surface area contributed by atoms with Crippen molar-refractivity contribution >= 4 is 11.1 Å². The van der Waals surface area contributed by atoms with Gasteiger partial charge in [-0.05, 0) is 12.1 Å². The lowest BCUT2D eigenvalue weighted by molar-refractivity contribution is 0.0281. The highest BCUT2D eigenvalue weighted by atomic mass is 16.5. The van der Waals surface area contributed by atoms with Gasteiger partial charge in [0, 0.05) is 30.2 Å². The molecule has 0 saturated carbocycles. The van der Waals surface area contributed by atoms with Gasteiger partial charge >= 0.3 is 0 Å². The normalized spacial score (nSPS) is 22.0. The van der Waals surface area contributed by atoms with E-state index in [1.807, 2.05) is 12.1 Å². The number of fused-ring (bicyclic) bond motifs is 1. The van der Waals surface area contributed by atoms with Crippen LogP contribution in [0.25, 0.3) is 11.1 Å². The number of nitrogens with one attached hydrogen (secondary N) is 1. The Balaban J connectivity index is 2.02. The van der Waals surface area contributed by atoms with Crippen molar-refractivity contribution in [1.29, 1.82) is 0 Å². The summed E-state index contributed by atoms with van der Waals surface area (Å²) in [5, 5.41) is 4.35. The lowest BCUT2D eigenvalue weighted by atomic mass is 10.1. The second kappa shape index (κ2) is 3.64. The van der Waals surface area contributed by atoms with Crippen molar-refractivity contribution in [3.05, 3.63) is 30.2 Å². The summed E-state index contributed by atoms with van der Waals surface area (Å²) >= 11 is 0. The molecule has 3 rings (SSSR count). The molecule has 2 aromatic heterocycles. The highest BCUT2D eigenvalue weighted by Gasteiger charge is 2.20. The van der Waals surface area contributed by atoms with E-state index in [0.29, 0.717) is 5.71 Å². The van der Waals surface area contributed by atoms with E-state index < -0.39 is 0 Å². The molecule has 1 atom stereocenters. The number of hydrogen-bond acceptors (Lipinski definition) is 4.